The van der Waals surface area contributed by atoms with Crippen molar-refractivity contribution in [2.45, 2.75) is 25.9 Å². The van der Waals surface area contributed by atoms with Gasteiger partial charge in [0.1, 0.15) is 0 Å². The molecular weight excluding hydrogens is 226 g/mol. The molecule has 0 aromatic carbocycles. The molecule has 0 radical (unpaired) electrons. The lowest BCUT2D eigenvalue weighted by Crippen LogP contribution is -2.32. The maximum Gasteiger partial charge on any atom is 0.171 e. The Kier molecular flexibility index (Phi) is 3.96. The molecule has 4 nitrogen and oxygen atoms in total. The summed E-state index contributed by atoms with van der Waals surface area (Å²) in [4.78, 5) is 10.4. The largest absolute Gasteiger partial charge is 0.376 e. The van der Waals surface area contributed by atoms with Gasteiger partial charge in [-0.15, -0.1) is 0 Å². The molecule has 1 unspecified atom stereocenters. The number of likely N-dealkylation sites (N-methyl/N-ethyl adjacent to an activating group) is 1. The molecule has 88 valence electrons. The van der Waals surface area contributed by atoms with Crippen LogP contribution < -0.4 is 4.90 Å². The van der Waals surface area contributed by atoms with Gasteiger partial charge in [-0.3, -0.25) is 0 Å². The van der Waals surface area contributed by atoms with Gasteiger partial charge in [-0.1, -0.05) is 11.6 Å². The molecule has 2 rings (SSSR count). The molecule has 0 bridgehead atoms. The van der Waals surface area contributed by atoms with E-state index in [1.165, 1.54) is 0 Å². The zero-order valence-electron chi connectivity index (χ0n) is 9.40. The molecule has 0 aliphatic carbocycles. The van der Waals surface area contributed by atoms with E-state index in [4.69, 9.17) is 16.3 Å². The second-order valence-corrected chi connectivity index (χ2v) is 4.20. The maximum absolute atomic E-state index is 6.03. The summed E-state index contributed by atoms with van der Waals surface area (Å²) >= 11 is 6.03. The van der Waals surface area contributed by atoms with Crippen molar-refractivity contribution in [2.75, 3.05) is 24.6 Å². The van der Waals surface area contributed by atoms with Gasteiger partial charge >= 0.3 is 0 Å². The van der Waals surface area contributed by atoms with E-state index in [0.717, 1.165) is 38.4 Å². The molecule has 2 heterocycles. The third-order valence-corrected chi connectivity index (χ3v) is 3.03. The maximum atomic E-state index is 6.03. The summed E-state index contributed by atoms with van der Waals surface area (Å²) in [6, 6.07) is 0. The molecule has 1 aromatic rings. The van der Waals surface area contributed by atoms with Gasteiger partial charge in [-0.05, 0) is 19.8 Å². The second kappa shape index (κ2) is 5.46. The molecule has 1 saturated heterocycles. The normalized spacial score (nSPS) is 20.0. The lowest BCUT2D eigenvalue weighted by molar-refractivity contribution is 0.115. The zero-order chi connectivity index (χ0) is 11.4. The number of hydrogen-bond donors (Lipinski definition) is 0. The summed E-state index contributed by atoms with van der Waals surface area (Å²) in [7, 11) is 0. The molecule has 1 aliphatic rings. The van der Waals surface area contributed by atoms with Crippen molar-refractivity contribution in [3.63, 3.8) is 0 Å². The van der Waals surface area contributed by atoms with Crippen molar-refractivity contribution in [1.29, 1.82) is 0 Å². The molecule has 1 aromatic heterocycles. The standard InChI is InChI=1S/C11H16ClN3O/c1-2-15(8-9-4-3-7-16-9)11-10(12)13-5-6-14-11/h5-6,9H,2-4,7-8H2,1H3. The number of anilines is 1. The summed E-state index contributed by atoms with van der Waals surface area (Å²) in [6.45, 7) is 4.66. The van der Waals surface area contributed by atoms with E-state index in [1.54, 1.807) is 12.4 Å². The summed E-state index contributed by atoms with van der Waals surface area (Å²) in [5.74, 6) is 0.752. The smallest absolute Gasteiger partial charge is 0.171 e. The van der Waals surface area contributed by atoms with Gasteiger partial charge in [-0.2, -0.15) is 0 Å². The van der Waals surface area contributed by atoms with E-state index in [2.05, 4.69) is 21.8 Å². The predicted molar refractivity (Wildman–Crippen MR) is 63.9 cm³/mol. The third-order valence-electron chi connectivity index (χ3n) is 2.77. The Morgan fingerprint density at radius 1 is 1.50 bits per heavy atom. The van der Waals surface area contributed by atoms with Crippen LogP contribution in [0.15, 0.2) is 12.4 Å². The van der Waals surface area contributed by atoms with Crippen molar-refractivity contribution in [3.05, 3.63) is 17.5 Å². The molecule has 16 heavy (non-hydrogen) atoms. The van der Waals surface area contributed by atoms with E-state index in [9.17, 15) is 0 Å². The molecule has 0 amide bonds. The van der Waals surface area contributed by atoms with E-state index < -0.39 is 0 Å². The molecule has 0 saturated carbocycles. The van der Waals surface area contributed by atoms with Crippen molar-refractivity contribution in [1.82, 2.24) is 9.97 Å². The van der Waals surface area contributed by atoms with Crippen LogP contribution in [0.2, 0.25) is 5.15 Å². The van der Waals surface area contributed by atoms with Crippen molar-refractivity contribution < 1.29 is 4.74 Å². The number of hydrogen-bond acceptors (Lipinski definition) is 4. The van der Waals surface area contributed by atoms with E-state index in [1.807, 2.05) is 0 Å². The van der Waals surface area contributed by atoms with Gasteiger partial charge in [0, 0.05) is 32.1 Å². The minimum atomic E-state index is 0.304. The minimum Gasteiger partial charge on any atom is -0.376 e. The predicted octanol–water partition coefficient (Wildman–Crippen LogP) is 2.14. The summed E-state index contributed by atoms with van der Waals surface area (Å²) in [6.07, 6.45) is 5.84. The van der Waals surface area contributed by atoms with Gasteiger partial charge in [0.15, 0.2) is 11.0 Å². The Morgan fingerprint density at radius 3 is 2.94 bits per heavy atom. The Balaban J connectivity index is 2.06. The second-order valence-electron chi connectivity index (χ2n) is 3.84. The van der Waals surface area contributed by atoms with Gasteiger partial charge in [0.25, 0.3) is 0 Å². The average molecular weight is 242 g/mol. The first kappa shape index (κ1) is 11.6. The van der Waals surface area contributed by atoms with Crippen LogP contribution in [0, 0.1) is 0 Å². The molecule has 0 N–H and O–H groups in total. The topological polar surface area (TPSA) is 38.2 Å². The average Bonchev–Trinajstić information content (AvgIpc) is 2.80. The molecule has 1 aliphatic heterocycles. The van der Waals surface area contributed by atoms with Gasteiger partial charge in [0.05, 0.1) is 6.10 Å². The third kappa shape index (κ3) is 2.62. The highest BCUT2D eigenvalue weighted by molar-refractivity contribution is 6.31. The van der Waals surface area contributed by atoms with E-state index >= 15 is 0 Å². The van der Waals surface area contributed by atoms with Crippen LogP contribution in [-0.4, -0.2) is 35.8 Å². The van der Waals surface area contributed by atoms with Crippen LogP contribution in [0.25, 0.3) is 0 Å². The molecule has 5 heteroatoms. The first-order valence-electron chi connectivity index (χ1n) is 5.64. The van der Waals surface area contributed by atoms with Crippen LogP contribution in [0.4, 0.5) is 5.82 Å². The first-order chi connectivity index (χ1) is 7.81. The number of nitrogens with zero attached hydrogens (tertiary/aromatic N) is 3. The van der Waals surface area contributed by atoms with Gasteiger partial charge in [0.2, 0.25) is 0 Å². The van der Waals surface area contributed by atoms with Crippen LogP contribution in [0.1, 0.15) is 19.8 Å². The zero-order valence-corrected chi connectivity index (χ0v) is 10.2. The Labute approximate surface area is 101 Å². The first-order valence-corrected chi connectivity index (χ1v) is 6.02. The lowest BCUT2D eigenvalue weighted by Gasteiger charge is -2.25. The summed E-state index contributed by atoms with van der Waals surface area (Å²) in [5.41, 5.74) is 0. The van der Waals surface area contributed by atoms with Crippen molar-refractivity contribution >= 4 is 17.4 Å². The van der Waals surface area contributed by atoms with Gasteiger partial charge < -0.3 is 9.64 Å². The number of halogens is 1. The summed E-state index contributed by atoms with van der Waals surface area (Å²) < 4.78 is 5.61. The van der Waals surface area contributed by atoms with Crippen molar-refractivity contribution in [2.24, 2.45) is 0 Å². The van der Waals surface area contributed by atoms with Crippen LogP contribution >= 0.6 is 11.6 Å². The lowest BCUT2D eigenvalue weighted by atomic mass is 10.2. The summed E-state index contributed by atoms with van der Waals surface area (Å²) in [5, 5.41) is 0.461. The monoisotopic (exact) mass is 241 g/mol. The Bertz CT molecular complexity index is 342. The number of aromatic nitrogens is 2. The molecule has 1 atom stereocenters. The molecule has 1 fully saturated rings. The number of rotatable bonds is 4. The minimum absolute atomic E-state index is 0.304. The van der Waals surface area contributed by atoms with E-state index in [-0.39, 0.29) is 0 Å². The molecule has 0 spiro atoms. The fourth-order valence-electron chi connectivity index (χ4n) is 1.93. The van der Waals surface area contributed by atoms with Crippen molar-refractivity contribution in [3.8, 4) is 0 Å². The fraction of sp³-hybridized carbons (Fsp3) is 0.636. The highest BCUT2D eigenvalue weighted by atomic mass is 35.5. The van der Waals surface area contributed by atoms with Crippen LogP contribution in [0.3, 0.4) is 0 Å². The fourth-order valence-corrected chi connectivity index (χ4v) is 2.15. The van der Waals surface area contributed by atoms with E-state index in [0.29, 0.717) is 11.3 Å². The highest BCUT2D eigenvalue weighted by Gasteiger charge is 2.20. The number of ether oxygens (including phenoxy) is 1. The SMILES string of the molecule is CCN(CC1CCCO1)c1nccnc1Cl. The molecular formula is C11H16ClN3O. The Morgan fingerprint density at radius 2 is 2.31 bits per heavy atom. The quantitative estimate of drug-likeness (QED) is 0.810. The van der Waals surface area contributed by atoms with Crippen LogP contribution in [-0.2, 0) is 4.74 Å². The van der Waals surface area contributed by atoms with Gasteiger partial charge in [-0.25, -0.2) is 9.97 Å². The highest BCUT2D eigenvalue weighted by Crippen LogP contribution is 2.22. The van der Waals surface area contributed by atoms with Crippen LogP contribution in [0.5, 0.6) is 0 Å². The Hall–Kier alpha value is -0.870.